The number of carbonyl (C=O) groups is 1. The molecule has 2 N–H and O–H groups in total. The Kier molecular flexibility index (Phi) is 6.74. The molecule has 23 heavy (non-hydrogen) atoms. The van der Waals surface area contributed by atoms with Crippen molar-refractivity contribution in [2.75, 3.05) is 18.5 Å². The van der Waals surface area contributed by atoms with Crippen molar-refractivity contribution in [1.29, 1.82) is 0 Å². The Hall–Kier alpha value is -1.43. The molecule has 1 heterocycles. The highest BCUT2D eigenvalue weighted by Crippen LogP contribution is 2.25. The lowest BCUT2D eigenvalue weighted by atomic mass is 9.87. The van der Waals surface area contributed by atoms with Gasteiger partial charge < -0.3 is 10.6 Å². The van der Waals surface area contributed by atoms with Crippen LogP contribution in [-0.2, 0) is 11.8 Å². The molecule has 0 atom stereocenters. The van der Waals surface area contributed by atoms with Crippen LogP contribution in [0, 0.1) is 0 Å². The van der Waals surface area contributed by atoms with Crippen molar-refractivity contribution in [2.24, 2.45) is 5.73 Å². The van der Waals surface area contributed by atoms with Gasteiger partial charge in [-0.3, -0.25) is 4.79 Å². The van der Waals surface area contributed by atoms with E-state index in [0.29, 0.717) is 18.7 Å². The van der Waals surface area contributed by atoms with Crippen LogP contribution in [0.4, 0.5) is 5.69 Å². The number of carbonyl (C=O) groups excluding carboxylic acids is 1. The Morgan fingerprint density at radius 2 is 1.87 bits per heavy atom. The van der Waals surface area contributed by atoms with Gasteiger partial charge in [-0.25, -0.2) is 4.98 Å². The minimum absolute atomic E-state index is 0. The number of amides is 1. The molecule has 0 bridgehead atoms. The SMILES string of the molecule is CN(C(=O)c1csc(CCN)n1)c1ccc(C(C)(C)C)cc1.Cl. The van der Waals surface area contributed by atoms with E-state index >= 15 is 0 Å². The summed E-state index contributed by atoms with van der Waals surface area (Å²) in [6, 6.07) is 8.09. The number of hydrogen-bond acceptors (Lipinski definition) is 4. The molecular formula is C17H24ClN3OS. The second kappa shape index (κ2) is 7.90. The number of nitrogens with two attached hydrogens (primary N) is 1. The molecule has 0 aliphatic carbocycles. The van der Waals surface area contributed by atoms with Crippen molar-refractivity contribution in [3.63, 3.8) is 0 Å². The third-order valence-electron chi connectivity index (χ3n) is 3.55. The van der Waals surface area contributed by atoms with Gasteiger partial charge in [-0.05, 0) is 29.7 Å². The summed E-state index contributed by atoms with van der Waals surface area (Å²) in [7, 11) is 1.77. The number of halogens is 1. The second-order valence-electron chi connectivity index (χ2n) is 6.33. The number of hydrogen-bond donors (Lipinski definition) is 1. The highest BCUT2D eigenvalue weighted by atomic mass is 35.5. The normalized spacial score (nSPS) is 11.0. The van der Waals surface area contributed by atoms with Crippen LogP contribution < -0.4 is 10.6 Å². The summed E-state index contributed by atoms with van der Waals surface area (Å²) in [5.74, 6) is -0.0944. The second-order valence-corrected chi connectivity index (χ2v) is 7.27. The first kappa shape index (κ1) is 19.6. The summed E-state index contributed by atoms with van der Waals surface area (Å²) in [4.78, 5) is 18.5. The summed E-state index contributed by atoms with van der Waals surface area (Å²) in [5, 5.41) is 2.70. The lowest BCUT2D eigenvalue weighted by Gasteiger charge is -2.21. The van der Waals surface area contributed by atoms with E-state index in [0.717, 1.165) is 10.7 Å². The molecule has 2 rings (SSSR count). The van der Waals surface area contributed by atoms with Crippen LogP contribution in [-0.4, -0.2) is 24.5 Å². The number of benzene rings is 1. The number of aromatic nitrogens is 1. The number of rotatable bonds is 4. The predicted octanol–water partition coefficient (Wildman–Crippen LogP) is 3.64. The van der Waals surface area contributed by atoms with Gasteiger partial charge in [-0.1, -0.05) is 32.9 Å². The van der Waals surface area contributed by atoms with Crippen molar-refractivity contribution >= 4 is 35.3 Å². The van der Waals surface area contributed by atoms with Gasteiger partial charge in [0.05, 0.1) is 5.01 Å². The first-order chi connectivity index (χ1) is 10.3. The fourth-order valence-corrected chi connectivity index (χ4v) is 2.91. The van der Waals surface area contributed by atoms with Crippen molar-refractivity contribution in [3.05, 3.63) is 45.9 Å². The number of thiazole rings is 1. The highest BCUT2D eigenvalue weighted by Gasteiger charge is 2.18. The van der Waals surface area contributed by atoms with Crippen molar-refractivity contribution in [3.8, 4) is 0 Å². The van der Waals surface area contributed by atoms with Gasteiger partial charge >= 0.3 is 0 Å². The zero-order chi connectivity index (χ0) is 16.3. The molecule has 0 radical (unpaired) electrons. The zero-order valence-corrected chi connectivity index (χ0v) is 15.6. The third kappa shape index (κ3) is 4.77. The molecule has 1 aromatic carbocycles. The minimum atomic E-state index is -0.0944. The fourth-order valence-electron chi connectivity index (χ4n) is 2.12. The first-order valence-corrected chi connectivity index (χ1v) is 8.24. The lowest BCUT2D eigenvalue weighted by Crippen LogP contribution is -2.26. The van der Waals surface area contributed by atoms with Gasteiger partial charge in [-0.15, -0.1) is 23.7 Å². The molecule has 0 spiro atoms. The van der Waals surface area contributed by atoms with Crippen LogP contribution in [0.5, 0.6) is 0 Å². The molecular weight excluding hydrogens is 330 g/mol. The molecule has 1 amide bonds. The van der Waals surface area contributed by atoms with Crippen LogP contribution in [0.1, 0.15) is 41.8 Å². The molecule has 0 aliphatic rings. The van der Waals surface area contributed by atoms with E-state index in [-0.39, 0.29) is 23.7 Å². The summed E-state index contributed by atoms with van der Waals surface area (Å²) in [5.41, 5.74) is 8.22. The summed E-state index contributed by atoms with van der Waals surface area (Å²) in [6.07, 6.45) is 0.710. The summed E-state index contributed by atoms with van der Waals surface area (Å²) >= 11 is 1.48. The number of anilines is 1. The quantitative estimate of drug-likeness (QED) is 0.912. The van der Waals surface area contributed by atoms with Crippen LogP contribution in [0.3, 0.4) is 0 Å². The Labute approximate surface area is 148 Å². The third-order valence-corrected chi connectivity index (χ3v) is 4.46. The fraction of sp³-hybridized carbons (Fsp3) is 0.412. The van der Waals surface area contributed by atoms with E-state index < -0.39 is 0 Å². The van der Waals surface area contributed by atoms with Crippen molar-refractivity contribution in [2.45, 2.75) is 32.6 Å². The summed E-state index contributed by atoms with van der Waals surface area (Å²) in [6.45, 7) is 7.06. The molecule has 0 fully saturated rings. The van der Waals surface area contributed by atoms with E-state index in [1.54, 1.807) is 17.3 Å². The van der Waals surface area contributed by atoms with Gasteiger partial charge in [0.25, 0.3) is 5.91 Å². The molecule has 0 aliphatic heterocycles. The maximum Gasteiger partial charge on any atom is 0.277 e. The average molecular weight is 354 g/mol. The molecule has 4 nitrogen and oxygen atoms in total. The molecule has 0 saturated heterocycles. The molecule has 2 aromatic rings. The molecule has 126 valence electrons. The average Bonchev–Trinajstić information content (AvgIpc) is 2.94. The van der Waals surface area contributed by atoms with Crippen molar-refractivity contribution < 1.29 is 4.79 Å². The zero-order valence-electron chi connectivity index (χ0n) is 14.0. The number of nitrogens with zero attached hydrogens (tertiary/aromatic N) is 2. The van der Waals surface area contributed by atoms with E-state index in [9.17, 15) is 4.79 Å². The van der Waals surface area contributed by atoms with E-state index in [4.69, 9.17) is 5.73 Å². The van der Waals surface area contributed by atoms with Crippen LogP contribution >= 0.6 is 23.7 Å². The molecule has 1 aromatic heterocycles. The monoisotopic (exact) mass is 353 g/mol. The molecule has 6 heteroatoms. The van der Waals surface area contributed by atoms with Crippen LogP contribution in [0.2, 0.25) is 0 Å². The van der Waals surface area contributed by atoms with Crippen LogP contribution in [0.15, 0.2) is 29.6 Å². The maximum absolute atomic E-state index is 12.5. The summed E-state index contributed by atoms with van der Waals surface area (Å²) < 4.78 is 0. The van der Waals surface area contributed by atoms with Crippen molar-refractivity contribution in [1.82, 2.24) is 4.98 Å². The van der Waals surface area contributed by atoms with E-state index in [1.165, 1.54) is 16.9 Å². The Morgan fingerprint density at radius 3 is 2.39 bits per heavy atom. The topological polar surface area (TPSA) is 59.2 Å². The Morgan fingerprint density at radius 1 is 1.26 bits per heavy atom. The smallest absolute Gasteiger partial charge is 0.277 e. The molecule has 0 unspecified atom stereocenters. The van der Waals surface area contributed by atoms with Gasteiger partial charge in [-0.2, -0.15) is 0 Å². The van der Waals surface area contributed by atoms with Crippen LogP contribution in [0.25, 0.3) is 0 Å². The lowest BCUT2D eigenvalue weighted by molar-refractivity contribution is 0.0989. The Balaban J connectivity index is 0.00000264. The first-order valence-electron chi connectivity index (χ1n) is 7.36. The van der Waals surface area contributed by atoms with E-state index in [1.807, 2.05) is 12.1 Å². The maximum atomic E-state index is 12.5. The van der Waals surface area contributed by atoms with Gasteiger partial charge in [0.2, 0.25) is 0 Å². The van der Waals surface area contributed by atoms with E-state index in [2.05, 4.69) is 37.9 Å². The van der Waals surface area contributed by atoms with Gasteiger partial charge in [0.1, 0.15) is 5.69 Å². The molecule has 0 saturated carbocycles. The highest BCUT2D eigenvalue weighted by molar-refractivity contribution is 7.09. The minimum Gasteiger partial charge on any atom is -0.330 e. The largest absolute Gasteiger partial charge is 0.330 e. The Bertz CT molecular complexity index is 647. The standard InChI is InChI=1S/C17H23N3OS.ClH/c1-17(2,3)12-5-7-13(8-6-12)20(4)16(21)14-11-22-15(19-14)9-10-18;/h5-8,11H,9-10,18H2,1-4H3;1H. The predicted molar refractivity (Wildman–Crippen MR) is 100.0 cm³/mol. The van der Waals surface area contributed by atoms with Gasteiger partial charge in [0, 0.05) is 24.5 Å². The van der Waals surface area contributed by atoms with Gasteiger partial charge in [0.15, 0.2) is 0 Å².